The molecule has 0 aliphatic carbocycles. The zero-order chi connectivity index (χ0) is 16.3. The third-order valence-corrected chi connectivity index (χ3v) is 3.40. The number of carbonyl (C=O) groups excluding carboxylic acids is 1. The van der Waals surface area contributed by atoms with Crippen molar-refractivity contribution < 1.29 is 14.6 Å². The molecule has 5 nitrogen and oxygen atoms in total. The maximum Gasteiger partial charge on any atom is 0.407 e. The number of carbonyl (C=O) groups is 1. The van der Waals surface area contributed by atoms with Crippen LogP contribution in [0, 0.1) is 5.41 Å². The first kappa shape index (κ1) is 18.2. The van der Waals surface area contributed by atoms with Crippen molar-refractivity contribution in [2.24, 2.45) is 5.41 Å². The average molecular weight is 300 g/mol. The van der Waals surface area contributed by atoms with Gasteiger partial charge in [0, 0.05) is 19.1 Å². The van der Waals surface area contributed by atoms with E-state index >= 15 is 0 Å². The Balaban J connectivity index is 2.46. The molecule has 1 aliphatic heterocycles. The standard InChI is InChI=1S/C16H32N2O3/c1-15(2,3)7-8-18-10-12(9-13(19)11-18)17-14(20)21-16(4,5)6/h12-13,19H,7-11H2,1-6H3,(H,17,20). The number of β-amino-alcohol motifs (C(OH)–C–C–N with tert-alkyl or cyclic N) is 1. The highest BCUT2D eigenvalue weighted by atomic mass is 16.6. The quantitative estimate of drug-likeness (QED) is 0.840. The van der Waals surface area contributed by atoms with Crippen LogP contribution >= 0.6 is 0 Å². The fraction of sp³-hybridized carbons (Fsp3) is 0.938. The van der Waals surface area contributed by atoms with Gasteiger partial charge in [0.2, 0.25) is 0 Å². The van der Waals surface area contributed by atoms with Gasteiger partial charge < -0.3 is 15.2 Å². The Bertz CT molecular complexity index is 344. The molecule has 21 heavy (non-hydrogen) atoms. The van der Waals surface area contributed by atoms with E-state index in [0.29, 0.717) is 13.0 Å². The summed E-state index contributed by atoms with van der Waals surface area (Å²) in [5.74, 6) is 0. The summed E-state index contributed by atoms with van der Waals surface area (Å²) in [6.45, 7) is 14.6. The maximum absolute atomic E-state index is 11.8. The molecule has 0 aromatic carbocycles. The zero-order valence-electron chi connectivity index (χ0n) is 14.4. The smallest absolute Gasteiger partial charge is 0.407 e. The van der Waals surface area contributed by atoms with Crippen molar-refractivity contribution in [1.29, 1.82) is 0 Å². The molecule has 1 heterocycles. The monoisotopic (exact) mass is 300 g/mol. The van der Waals surface area contributed by atoms with E-state index in [1.54, 1.807) is 0 Å². The van der Waals surface area contributed by atoms with Crippen LogP contribution in [0.2, 0.25) is 0 Å². The predicted molar refractivity (Wildman–Crippen MR) is 84.3 cm³/mol. The van der Waals surface area contributed by atoms with Crippen LogP contribution < -0.4 is 5.32 Å². The molecule has 1 aliphatic rings. The number of hydrogen-bond acceptors (Lipinski definition) is 4. The topological polar surface area (TPSA) is 61.8 Å². The number of nitrogens with zero attached hydrogens (tertiary/aromatic N) is 1. The predicted octanol–water partition coefficient (Wildman–Crippen LogP) is 2.38. The molecule has 0 spiro atoms. The molecule has 5 heteroatoms. The maximum atomic E-state index is 11.8. The third kappa shape index (κ3) is 8.27. The Labute approximate surface area is 129 Å². The van der Waals surface area contributed by atoms with Gasteiger partial charge in [0.1, 0.15) is 5.60 Å². The molecule has 2 N–H and O–H groups in total. The van der Waals surface area contributed by atoms with E-state index in [9.17, 15) is 9.90 Å². The molecule has 0 bridgehead atoms. The van der Waals surface area contributed by atoms with Crippen LogP contribution in [-0.4, -0.2) is 53.5 Å². The number of alkyl carbamates (subject to hydrolysis) is 1. The fourth-order valence-corrected chi connectivity index (χ4v) is 2.42. The van der Waals surface area contributed by atoms with Crippen LogP contribution in [0.15, 0.2) is 0 Å². The van der Waals surface area contributed by atoms with Crippen molar-refractivity contribution in [3.05, 3.63) is 0 Å². The fourth-order valence-electron chi connectivity index (χ4n) is 2.42. The first-order chi connectivity index (χ1) is 9.44. The van der Waals surface area contributed by atoms with E-state index < -0.39 is 17.8 Å². The second-order valence-corrected chi connectivity index (χ2v) is 8.30. The Morgan fingerprint density at radius 3 is 2.38 bits per heavy atom. The zero-order valence-corrected chi connectivity index (χ0v) is 14.4. The Hall–Kier alpha value is -0.810. The molecule has 0 radical (unpaired) electrons. The molecule has 1 fully saturated rings. The van der Waals surface area contributed by atoms with Crippen molar-refractivity contribution in [2.75, 3.05) is 19.6 Å². The van der Waals surface area contributed by atoms with Crippen molar-refractivity contribution in [2.45, 2.75) is 72.1 Å². The van der Waals surface area contributed by atoms with Crippen molar-refractivity contribution in [3.8, 4) is 0 Å². The number of amides is 1. The van der Waals surface area contributed by atoms with Crippen molar-refractivity contribution >= 4 is 6.09 Å². The van der Waals surface area contributed by atoms with Crippen molar-refractivity contribution in [3.63, 3.8) is 0 Å². The lowest BCUT2D eigenvalue weighted by Crippen LogP contribution is -2.53. The lowest BCUT2D eigenvalue weighted by atomic mass is 9.91. The first-order valence-corrected chi connectivity index (χ1v) is 7.84. The molecule has 2 atom stereocenters. The summed E-state index contributed by atoms with van der Waals surface area (Å²) in [5, 5.41) is 12.9. The van der Waals surface area contributed by atoms with Gasteiger partial charge in [-0.2, -0.15) is 0 Å². The minimum absolute atomic E-state index is 0.0523. The van der Waals surface area contributed by atoms with Gasteiger partial charge in [0.05, 0.1) is 6.10 Å². The molecule has 124 valence electrons. The number of aliphatic hydroxyl groups excluding tert-OH is 1. The summed E-state index contributed by atoms with van der Waals surface area (Å²) < 4.78 is 5.27. The minimum Gasteiger partial charge on any atom is -0.444 e. The van der Waals surface area contributed by atoms with Crippen LogP contribution in [0.25, 0.3) is 0 Å². The third-order valence-electron chi connectivity index (χ3n) is 3.40. The number of ether oxygens (including phenoxy) is 1. The number of aliphatic hydroxyl groups is 1. The second-order valence-electron chi connectivity index (χ2n) is 8.30. The van der Waals surface area contributed by atoms with Gasteiger partial charge in [-0.1, -0.05) is 20.8 Å². The normalized spacial score (nSPS) is 24.7. The van der Waals surface area contributed by atoms with Gasteiger partial charge in [-0.25, -0.2) is 4.79 Å². The Morgan fingerprint density at radius 2 is 1.86 bits per heavy atom. The van der Waals surface area contributed by atoms with Crippen LogP contribution in [0.3, 0.4) is 0 Å². The van der Waals surface area contributed by atoms with Crippen LogP contribution in [0.4, 0.5) is 4.79 Å². The van der Waals surface area contributed by atoms with E-state index in [-0.39, 0.29) is 11.5 Å². The van der Waals surface area contributed by atoms with E-state index in [4.69, 9.17) is 4.74 Å². The summed E-state index contributed by atoms with van der Waals surface area (Å²) in [4.78, 5) is 14.0. The van der Waals surface area contributed by atoms with E-state index in [1.807, 2.05) is 20.8 Å². The number of likely N-dealkylation sites (tertiary alicyclic amines) is 1. The Morgan fingerprint density at radius 1 is 1.24 bits per heavy atom. The highest BCUT2D eigenvalue weighted by Gasteiger charge is 2.29. The molecule has 0 aromatic rings. The molecule has 0 saturated carbocycles. The SMILES string of the molecule is CC(C)(C)CCN1CC(O)CC(NC(=O)OC(C)(C)C)C1. The first-order valence-electron chi connectivity index (χ1n) is 7.84. The van der Waals surface area contributed by atoms with Crippen LogP contribution in [-0.2, 0) is 4.74 Å². The van der Waals surface area contributed by atoms with E-state index in [0.717, 1.165) is 19.5 Å². The summed E-state index contributed by atoms with van der Waals surface area (Å²) in [6, 6.07) is -0.0523. The van der Waals surface area contributed by atoms with Crippen molar-refractivity contribution in [1.82, 2.24) is 10.2 Å². The van der Waals surface area contributed by atoms with Crippen LogP contribution in [0.1, 0.15) is 54.4 Å². The summed E-state index contributed by atoms with van der Waals surface area (Å²) in [6.07, 6.45) is 0.862. The second kappa shape index (κ2) is 6.97. The van der Waals surface area contributed by atoms with Gasteiger partial charge in [-0.3, -0.25) is 4.90 Å². The summed E-state index contributed by atoms with van der Waals surface area (Å²) in [7, 11) is 0. The lowest BCUT2D eigenvalue weighted by Gasteiger charge is -2.37. The average Bonchev–Trinajstić information content (AvgIpc) is 2.21. The molecule has 1 rings (SSSR count). The van der Waals surface area contributed by atoms with Gasteiger partial charge in [0.15, 0.2) is 0 Å². The molecule has 0 aromatic heterocycles. The van der Waals surface area contributed by atoms with Gasteiger partial charge in [-0.15, -0.1) is 0 Å². The van der Waals surface area contributed by atoms with Gasteiger partial charge in [-0.05, 0) is 45.6 Å². The van der Waals surface area contributed by atoms with Gasteiger partial charge in [0.25, 0.3) is 0 Å². The minimum atomic E-state index is -0.497. The molecule has 2 unspecified atom stereocenters. The van der Waals surface area contributed by atoms with E-state index in [2.05, 4.69) is 31.0 Å². The molecule has 1 amide bonds. The van der Waals surface area contributed by atoms with Gasteiger partial charge >= 0.3 is 6.09 Å². The number of piperidine rings is 1. The molecular weight excluding hydrogens is 268 g/mol. The number of nitrogens with one attached hydrogen (secondary N) is 1. The molecule has 1 saturated heterocycles. The summed E-state index contributed by atoms with van der Waals surface area (Å²) >= 11 is 0. The lowest BCUT2D eigenvalue weighted by molar-refractivity contribution is 0.0287. The number of rotatable bonds is 3. The van der Waals surface area contributed by atoms with Crippen LogP contribution in [0.5, 0.6) is 0 Å². The summed E-state index contributed by atoms with van der Waals surface area (Å²) in [5.41, 5.74) is -0.222. The number of hydrogen-bond donors (Lipinski definition) is 2. The highest BCUT2D eigenvalue weighted by molar-refractivity contribution is 5.68. The van der Waals surface area contributed by atoms with E-state index in [1.165, 1.54) is 0 Å². The Kier molecular flexibility index (Phi) is 6.05. The highest BCUT2D eigenvalue weighted by Crippen LogP contribution is 2.20. The molecular formula is C16H32N2O3. The largest absolute Gasteiger partial charge is 0.444 e.